The van der Waals surface area contributed by atoms with Gasteiger partial charge in [-0.1, -0.05) is 12.1 Å². The largest absolute Gasteiger partial charge is 0.467 e. The van der Waals surface area contributed by atoms with Gasteiger partial charge in [0.1, 0.15) is 5.75 Å². The second-order valence-electron chi connectivity index (χ2n) is 7.66. The van der Waals surface area contributed by atoms with Crippen LogP contribution in [0.4, 0.5) is 0 Å². The summed E-state index contributed by atoms with van der Waals surface area (Å²) in [6.07, 6.45) is 4.30. The van der Waals surface area contributed by atoms with E-state index in [1.165, 1.54) is 0 Å². The van der Waals surface area contributed by atoms with Crippen LogP contribution in [0.2, 0.25) is 0 Å². The molecule has 2 N–H and O–H groups in total. The average molecular weight is 358 g/mol. The third-order valence-electron chi connectivity index (χ3n) is 6.13. The Morgan fingerprint density at radius 2 is 2.23 bits per heavy atom. The fourth-order valence-electron chi connectivity index (χ4n) is 4.84. The molecule has 26 heavy (non-hydrogen) atoms. The highest BCUT2D eigenvalue weighted by molar-refractivity contribution is 5.98. The van der Waals surface area contributed by atoms with Crippen LogP contribution in [0.15, 0.2) is 24.3 Å². The van der Waals surface area contributed by atoms with E-state index >= 15 is 0 Å². The standard InChI is InChI=1S/C20H26N2O4/c1-25-10-4-9-21-18(23)16-11-14-8-7-13(16)12-20(14)22-19(24)15-5-2-3-6-17(15)26-20/h2-3,5-6,13-14,16H,4,7-12H2,1H3,(H,21,23)(H,22,24)/t13-,14-,16-,20+/m1/s1. The number of carbonyl (C=O) groups excluding carboxylic acids is 2. The molecule has 3 aliphatic carbocycles. The summed E-state index contributed by atoms with van der Waals surface area (Å²) < 4.78 is 11.4. The van der Waals surface area contributed by atoms with Crippen LogP contribution in [-0.2, 0) is 9.53 Å². The first-order valence-electron chi connectivity index (χ1n) is 9.50. The van der Waals surface area contributed by atoms with Crippen molar-refractivity contribution >= 4 is 11.8 Å². The molecule has 3 saturated carbocycles. The second kappa shape index (κ2) is 6.91. The molecule has 1 heterocycles. The number of amides is 2. The van der Waals surface area contributed by atoms with E-state index in [1.54, 1.807) is 13.2 Å². The number of hydrogen-bond acceptors (Lipinski definition) is 4. The highest BCUT2D eigenvalue weighted by atomic mass is 16.5. The Labute approximate surface area is 153 Å². The number of benzene rings is 1. The van der Waals surface area contributed by atoms with Crippen molar-refractivity contribution in [3.63, 3.8) is 0 Å². The number of carbonyl (C=O) groups is 2. The fraction of sp³-hybridized carbons (Fsp3) is 0.600. The van der Waals surface area contributed by atoms with E-state index in [4.69, 9.17) is 9.47 Å². The van der Waals surface area contributed by atoms with Gasteiger partial charge in [-0.05, 0) is 43.7 Å². The second-order valence-corrected chi connectivity index (χ2v) is 7.66. The van der Waals surface area contributed by atoms with Gasteiger partial charge in [0.2, 0.25) is 5.91 Å². The molecular weight excluding hydrogens is 332 g/mol. The molecule has 0 saturated heterocycles. The first kappa shape index (κ1) is 17.3. The van der Waals surface area contributed by atoms with Crippen molar-refractivity contribution in [3.8, 4) is 5.75 Å². The van der Waals surface area contributed by atoms with Gasteiger partial charge in [0.15, 0.2) is 5.72 Å². The van der Waals surface area contributed by atoms with Crippen LogP contribution in [0.3, 0.4) is 0 Å². The summed E-state index contributed by atoms with van der Waals surface area (Å²) in [6.45, 7) is 1.30. The number of methoxy groups -OCH3 is 1. The van der Waals surface area contributed by atoms with Crippen molar-refractivity contribution in [2.75, 3.05) is 20.3 Å². The predicted octanol–water partition coefficient (Wildman–Crippen LogP) is 2.09. The van der Waals surface area contributed by atoms with Crippen molar-refractivity contribution in [3.05, 3.63) is 29.8 Å². The number of para-hydroxylation sites is 1. The smallest absolute Gasteiger partial charge is 0.258 e. The third kappa shape index (κ3) is 2.96. The monoisotopic (exact) mass is 358 g/mol. The van der Waals surface area contributed by atoms with Crippen LogP contribution in [0.25, 0.3) is 0 Å². The summed E-state index contributed by atoms with van der Waals surface area (Å²) in [6, 6.07) is 7.38. The minimum absolute atomic E-state index is 0.0135. The number of nitrogens with one attached hydrogen (secondary N) is 2. The SMILES string of the molecule is COCCCNC(=O)[C@@H]1C[C@H]2CC[C@@H]1C[C@@]21NC(=O)c2ccccc2O1. The minimum atomic E-state index is -0.652. The van der Waals surface area contributed by atoms with Crippen LogP contribution in [0.5, 0.6) is 5.75 Å². The molecule has 0 unspecified atom stereocenters. The molecule has 0 aromatic heterocycles. The maximum Gasteiger partial charge on any atom is 0.258 e. The number of fused-ring (bicyclic) bond motifs is 3. The van der Waals surface area contributed by atoms with Crippen molar-refractivity contribution in [1.82, 2.24) is 10.6 Å². The molecule has 1 aromatic rings. The molecule has 4 atom stereocenters. The molecule has 2 amide bonds. The molecule has 0 radical (unpaired) electrons. The lowest BCUT2D eigenvalue weighted by molar-refractivity contribution is -0.146. The predicted molar refractivity (Wildman–Crippen MR) is 95.7 cm³/mol. The maximum absolute atomic E-state index is 12.6. The van der Waals surface area contributed by atoms with Crippen LogP contribution in [0, 0.1) is 17.8 Å². The van der Waals surface area contributed by atoms with Gasteiger partial charge in [-0.25, -0.2) is 0 Å². The quantitative estimate of drug-likeness (QED) is 0.791. The zero-order chi connectivity index (χ0) is 18.1. The van der Waals surface area contributed by atoms with Gasteiger partial charge in [-0.15, -0.1) is 0 Å². The maximum atomic E-state index is 12.6. The summed E-state index contributed by atoms with van der Waals surface area (Å²) in [5.74, 6) is 1.14. The van der Waals surface area contributed by atoms with Crippen molar-refractivity contribution in [2.45, 2.75) is 37.8 Å². The Morgan fingerprint density at radius 1 is 1.38 bits per heavy atom. The average Bonchev–Trinajstić information content (AvgIpc) is 2.65. The Bertz CT molecular complexity index is 707. The summed E-state index contributed by atoms with van der Waals surface area (Å²) >= 11 is 0. The van der Waals surface area contributed by atoms with Crippen LogP contribution in [0.1, 0.15) is 42.5 Å². The molecule has 1 aliphatic heterocycles. The normalized spacial score (nSPS) is 31.9. The molecule has 6 heteroatoms. The Hall–Kier alpha value is -2.08. The molecule has 3 fully saturated rings. The summed E-state index contributed by atoms with van der Waals surface area (Å²) in [4.78, 5) is 25.2. The molecule has 140 valence electrons. The topological polar surface area (TPSA) is 76.7 Å². The van der Waals surface area contributed by atoms with Gasteiger partial charge < -0.3 is 20.1 Å². The Morgan fingerprint density at radius 3 is 3.00 bits per heavy atom. The number of hydrogen-bond donors (Lipinski definition) is 2. The van der Waals surface area contributed by atoms with Crippen LogP contribution < -0.4 is 15.4 Å². The molecule has 5 rings (SSSR count). The van der Waals surface area contributed by atoms with E-state index in [9.17, 15) is 9.59 Å². The lowest BCUT2D eigenvalue weighted by Gasteiger charge is -2.55. The summed E-state index contributed by atoms with van der Waals surface area (Å²) in [7, 11) is 1.66. The van der Waals surface area contributed by atoms with E-state index in [-0.39, 0.29) is 29.6 Å². The minimum Gasteiger partial charge on any atom is -0.467 e. The first-order chi connectivity index (χ1) is 12.6. The molecule has 2 bridgehead atoms. The van der Waals surface area contributed by atoms with Gasteiger partial charge in [-0.2, -0.15) is 0 Å². The van der Waals surface area contributed by atoms with Gasteiger partial charge in [-0.3, -0.25) is 9.59 Å². The van der Waals surface area contributed by atoms with E-state index in [0.717, 1.165) is 25.7 Å². The number of rotatable bonds is 5. The molecule has 1 aromatic carbocycles. The van der Waals surface area contributed by atoms with Gasteiger partial charge in [0.05, 0.1) is 5.56 Å². The highest BCUT2D eigenvalue weighted by Gasteiger charge is 2.57. The van der Waals surface area contributed by atoms with Crippen molar-refractivity contribution < 1.29 is 19.1 Å². The Balaban J connectivity index is 1.46. The van der Waals surface area contributed by atoms with Crippen molar-refractivity contribution in [2.24, 2.45) is 17.8 Å². The van der Waals surface area contributed by atoms with Crippen LogP contribution in [-0.4, -0.2) is 37.8 Å². The zero-order valence-corrected chi connectivity index (χ0v) is 15.1. The number of ether oxygens (including phenoxy) is 2. The zero-order valence-electron chi connectivity index (χ0n) is 15.1. The summed E-state index contributed by atoms with van der Waals surface area (Å²) in [5, 5.41) is 6.17. The van der Waals surface area contributed by atoms with Gasteiger partial charge >= 0.3 is 0 Å². The fourth-order valence-corrected chi connectivity index (χ4v) is 4.84. The van der Waals surface area contributed by atoms with Gasteiger partial charge in [0.25, 0.3) is 5.91 Å². The Kier molecular flexibility index (Phi) is 4.61. The lowest BCUT2D eigenvalue weighted by Crippen LogP contribution is -2.66. The third-order valence-corrected chi connectivity index (χ3v) is 6.13. The molecule has 1 spiro atoms. The lowest BCUT2D eigenvalue weighted by atomic mass is 9.60. The highest BCUT2D eigenvalue weighted by Crippen LogP contribution is 2.52. The van der Waals surface area contributed by atoms with Gasteiger partial charge in [0, 0.05) is 38.5 Å². The van der Waals surface area contributed by atoms with E-state index in [1.807, 2.05) is 18.2 Å². The van der Waals surface area contributed by atoms with E-state index < -0.39 is 5.72 Å². The molecular formula is C20H26N2O4. The molecule has 4 aliphatic rings. The van der Waals surface area contributed by atoms with E-state index in [2.05, 4.69) is 10.6 Å². The summed E-state index contributed by atoms with van der Waals surface area (Å²) in [5.41, 5.74) is -0.0618. The first-order valence-corrected chi connectivity index (χ1v) is 9.50. The van der Waals surface area contributed by atoms with E-state index in [0.29, 0.717) is 30.9 Å². The van der Waals surface area contributed by atoms with Crippen molar-refractivity contribution in [1.29, 1.82) is 0 Å². The molecule has 6 nitrogen and oxygen atoms in total. The van der Waals surface area contributed by atoms with Crippen LogP contribution >= 0.6 is 0 Å².